The molecule has 0 amide bonds. The molecule has 0 saturated carbocycles. The number of hydrogen-bond donors (Lipinski definition) is 0. The van der Waals surface area contributed by atoms with E-state index in [0.717, 1.165) is 25.9 Å². The average molecular weight is 260 g/mol. The molecule has 0 saturated heterocycles. The van der Waals surface area contributed by atoms with E-state index in [1.165, 1.54) is 0 Å². The van der Waals surface area contributed by atoms with Crippen LogP contribution in [0.3, 0.4) is 0 Å². The van der Waals surface area contributed by atoms with Gasteiger partial charge in [0.2, 0.25) is 0 Å². The molecule has 0 radical (unpaired) electrons. The summed E-state index contributed by atoms with van der Waals surface area (Å²) in [7, 11) is 0. The van der Waals surface area contributed by atoms with E-state index in [1.807, 2.05) is 13.8 Å². The van der Waals surface area contributed by atoms with Crippen LogP contribution < -0.4 is 0 Å². The highest BCUT2D eigenvalue weighted by Gasteiger charge is 2.09. The molecule has 4 nitrogen and oxygen atoms in total. The predicted octanol–water partition coefficient (Wildman–Crippen LogP) is 2.94. The van der Waals surface area contributed by atoms with Crippen LogP contribution >= 0.6 is 0 Å². The van der Waals surface area contributed by atoms with Crippen molar-refractivity contribution in [1.82, 2.24) is 0 Å². The lowest BCUT2D eigenvalue weighted by Crippen LogP contribution is -2.24. The molecule has 0 spiro atoms. The van der Waals surface area contributed by atoms with E-state index in [-0.39, 0.29) is 18.2 Å². The summed E-state index contributed by atoms with van der Waals surface area (Å²) in [5.74, 6) is -0.136. The predicted molar refractivity (Wildman–Crippen MR) is 71.6 cm³/mol. The SMILES string of the molecule is CCCCC(=O)OCC(C)OCC(C)OCCC. The molecular weight excluding hydrogens is 232 g/mol. The van der Waals surface area contributed by atoms with E-state index in [1.54, 1.807) is 0 Å². The summed E-state index contributed by atoms with van der Waals surface area (Å²) in [6, 6.07) is 0. The summed E-state index contributed by atoms with van der Waals surface area (Å²) in [5, 5.41) is 0. The average Bonchev–Trinajstić information content (AvgIpc) is 2.37. The Hall–Kier alpha value is -0.610. The molecule has 2 unspecified atom stereocenters. The number of unbranched alkanes of at least 4 members (excludes halogenated alkanes) is 1. The number of ether oxygens (including phenoxy) is 3. The molecule has 108 valence electrons. The van der Waals surface area contributed by atoms with Gasteiger partial charge in [-0.05, 0) is 26.7 Å². The van der Waals surface area contributed by atoms with Crippen LogP contribution in [0.15, 0.2) is 0 Å². The third-order valence-electron chi connectivity index (χ3n) is 2.44. The lowest BCUT2D eigenvalue weighted by molar-refractivity contribution is -0.148. The lowest BCUT2D eigenvalue weighted by Gasteiger charge is -2.17. The van der Waals surface area contributed by atoms with Crippen LogP contribution in [-0.4, -0.2) is 38.0 Å². The second-order valence-electron chi connectivity index (χ2n) is 4.61. The Morgan fingerprint density at radius 2 is 1.67 bits per heavy atom. The van der Waals surface area contributed by atoms with Gasteiger partial charge in [-0.1, -0.05) is 20.3 Å². The van der Waals surface area contributed by atoms with Crippen LogP contribution in [0.1, 0.15) is 53.4 Å². The maximum absolute atomic E-state index is 11.3. The van der Waals surface area contributed by atoms with Gasteiger partial charge >= 0.3 is 5.97 Å². The molecule has 0 N–H and O–H groups in total. The van der Waals surface area contributed by atoms with E-state index >= 15 is 0 Å². The Labute approximate surface area is 111 Å². The van der Waals surface area contributed by atoms with Crippen LogP contribution in [0.4, 0.5) is 0 Å². The first kappa shape index (κ1) is 17.4. The van der Waals surface area contributed by atoms with Crippen LogP contribution in [-0.2, 0) is 19.0 Å². The Morgan fingerprint density at radius 3 is 2.28 bits per heavy atom. The highest BCUT2D eigenvalue weighted by molar-refractivity contribution is 5.69. The van der Waals surface area contributed by atoms with Crippen molar-refractivity contribution in [3.8, 4) is 0 Å². The molecule has 18 heavy (non-hydrogen) atoms. The largest absolute Gasteiger partial charge is 0.463 e. The minimum atomic E-state index is -0.136. The summed E-state index contributed by atoms with van der Waals surface area (Å²) < 4.78 is 16.2. The summed E-state index contributed by atoms with van der Waals surface area (Å²) in [5.41, 5.74) is 0. The fourth-order valence-electron chi connectivity index (χ4n) is 1.32. The van der Waals surface area contributed by atoms with E-state index in [2.05, 4.69) is 13.8 Å². The van der Waals surface area contributed by atoms with Gasteiger partial charge in [0.1, 0.15) is 6.61 Å². The normalized spacial score (nSPS) is 14.2. The standard InChI is InChI=1S/C14H28O4/c1-5-7-8-14(15)18-11-13(4)17-10-12(3)16-9-6-2/h12-13H,5-11H2,1-4H3. The minimum absolute atomic E-state index is 0.0803. The zero-order valence-electron chi connectivity index (χ0n) is 12.2. The molecule has 0 heterocycles. The van der Waals surface area contributed by atoms with E-state index < -0.39 is 0 Å². The fraction of sp³-hybridized carbons (Fsp3) is 0.929. The zero-order valence-corrected chi connectivity index (χ0v) is 12.2. The highest BCUT2D eigenvalue weighted by Crippen LogP contribution is 2.01. The van der Waals surface area contributed by atoms with Crippen molar-refractivity contribution >= 4 is 5.97 Å². The van der Waals surface area contributed by atoms with Crippen LogP contribution in [0, 0.1) is 0 Å². The fourth-order valence-corrected chi connectivity index (χ4v) is 1.32. The number of carbonyl (C=O) groups is 1. The van der Waals surface area contributed by atoms with Crippen molar-refractivity contribution in [2.45, 2.75) is 65.6 Å². The first-order valence-electron chi connectivity index (χ1n) is 6.98. The van der Waals surface area contributed by atoms with Gasteiger partial charge in [-0.25, -0.2) is 0 Å². The highest BCUT2D eigenvalue weighted by atomic mass is 16.6. The topological polar surface area (TPSA) is 44.8 Å². The number of carbonyl (C=O) groups excluding carboxylic acids is 1. The molecule has 0 aromatic heterocycles. The molecule has 4 heteroatoms. The number of rotatable bonds is 11. The first-order chi connectivity index (χ1) is 8.60. The van der Waals surface area contributed by atoms with Crippen molar-refractivity contribution in [1.29, 1.82) is 0 Å². The van der Waals surface area contributed by atoms with Crippen molar-refractivity contribution in [3.63, 3.8) is 0 Å². The molecule has 0 aromatic carbocycles. The maximum Gasteiger partial charge on any atom is 0.305 e. The second kappa shape index (κ2) is 11.5. The summed E-state index contributed by atoms with van der Waals surface area (Å²) in [6.07, 6.45) is 3.41. The quantitative estimate of drug-likeness (QED) is 0.536. The molecule has 0 aliphatic rings. The molecule has 0 aromatic rings. The Bertz CT molecular complexity index is 206. The van der Waals surface area contributed by atoms with Crippen molar-refractivity contribution in [2.24, 2.45) is 0 Å². The van der Waals surface area contributed by atoms with Gasteiger partial charge in [0.15, 0.2) is 0 Å². The number of esters is 1. The smallest absolute Gasteiger partial charge is 0.305 e. The molecule has 2 atom stereocenters. The molecular formula is C14H28O4. The third-order valence-corrected chi connectivity index (χ3v) is 2.44. The van der Waals surface area contributed by atoms with Gasteiger partial charge in [-0.2, -0.15) is 0 Å². The Morgan fingerprint density at radius 1 is 1.00 bits per heavy atom. The van der Waals surface area contributed by atoms with E-state index in [9.17, 15) is 4.79 Å². The molecule has 0 bridgehead atoms. The van der Waals surface area contributed by atoms with Gasteiger partial charge in [0.05, 0.1) is 18.8 Å². The van der Waals surface area contributed by atoms with Gasteiger partial charge < -0.3 is 14.2 Å². The van der Waals surface area contributed by atoms with Crippen LogP contribution in [0.5, 0.6) is 0 Å². The zero-order chi connectivity index (χ0) is 13.8. The molecule has 0 fully saturated rings. The van der Waals surface area contributed by atoms with Gasteiger partial charge in [-0.3, -0.25) is 4.79 Å². The Kier molecular flexibility index (Phi) is 11.1. The lowest BCUT2D eigenvalue weighted by atomic mass is 10.2. The molecule has 0 aliphatic carbocycles. The minimum Gasteiger partial charge on any atom is -0.463 e. The monoisotopic (exact) mass is 260 g/mol. The van der Waals surface area contributed by atoms with Crippen molar-refractivity contribution < 1.29 is 19.0 Å². The van der Waals surface area contributed by atoms with Crippen LogP contribution in [0.2, 0.25) is 0 Å². The van der Waals surface area contributed by atoms with Crippen molar-refractivity contribution in [2.75, 3.05) is 19.8 Å². The molecule has 0 rings (SSSR count). The maximum atomic E-state index is 11.3. The van der Waals surface area contributed by atoms with Gasteiger partial charge in [0.25, 0.3) is 0 Å². The van der Waals surface area contributed by atoms with Crippen LogP contribution in [0.25, 0.3) is 0 Å². The van der Waals surface area contributed by atoms with E-state index in [4.69, 9.17) is 14.2 Å². The van der Waals surface area contributed by atoms with Gasteiger partial charge in [-0.15, -0.1) is 0 Å². The van der Waals surface area contributed by atoms with Gasteiger partial charge in [0, 0.05) is 13.0 Å². The summed E-state index contributed by atoms with van der Waals surface area (Å²) in [6.45, 7) is 9.62. The third kappa shape index (κ3) is 10.5. The summed E-state index contributed by atoms with van der Waals surface area (Å²) in [4.78, 5) is 11.3. The Balaban J connectivity index is 3.52. The first-order valence-corrected chi connectivity index (χ1v) is 6.98. The second-order valence-corrected chi connectivity index (χ2v) is 4.61. The summed E-state index contributed by atoms with van der Waals surface area (Å²) >= 11 is 0. The number of hydrogen-bond acceptors (Lipinski definition) is 4. The van der Waals surface area contributed by atoms with E-state index in [0.29, 0.717) is 19.6 Å². The molecule has 0 aliphatic heterocycles. The van der Waals surface area contributed by atoms with Crippen molar-refractivity contribution in [3.05, 3.63) is 0 Å².